The average Bonchev–Trinajstić information content (AvgIpc) is 3.36. The average molecular weight is 364 g/mol. The summed E-state index contributed by atoms with van der Waals surface area (Å²) in [6, 6.07) is 13.6. The van der Waals surface area contributed by atoms with Gasteiger partial charge in [-0.1, -0.05) is 35.5 Å². The van der Waals surface area contributed by atoms with E-state index in [1.54, 1.807) is 18.1 Å². The zero-order chi connectivity index (χ0) is 18.6. The molecular formula is C19H20N6O2. The normalized spacial score (nSPS) is 16.5. The fraction of sp³-hybridized carbons (Fsp3) is 0.316. The van der Waals surface area contributed by atoms with Crippen molar-refractivity contribution in [3.8, 4) is 17.1 Å². The number of hydrogen-bond donors (Lipinski definition) is 0. The smallest absolute Gasteiger partial charge is 0.276 e. The zero-order valence-corrected chi connectivity index (χ0v) is 15.0. The van der Waals surface area contributed by atoms with E-state index in [-0.39, 0.29) is 11.8 Å². The molecule has 8 heteroatoms. The molecule has 0 radical (unpaired) electrons. The number of nitrogens with zero attached hydrogens (tertiary/aromatic N) is 6. The second-order valence-electron chi connectivity index (χ2n) is 6.62. The van der Waals surface area contributed by atoms with Gasteiger partial charge in [-0.15, -0.1) is 15.3 Å². The number of carbonyl (C=O) groups excluding carboxylic acids is 1. The van der Waals surface area contributed by atoms with Crippen LogP contribution in [-0.4, -0.2) is 55.7 Å². The molecule has 0 saturated carbocycles. The molecule has 0 N–H and O–H groups in total. The minimum absolute atomic E-state index is 0.0856. The summed E-state index contributed by atoms with van der Waals surface area (Å²) >= 11 is 0. The van der Waals surface area contributed by atoms with Crippen molar-refractivity contribution >= 4 is 5.91 Å². The summed E-state index contributed by atoms with van der Waals surface area (Å²) in [5.41, 5.74) is 2.21. The van der Waals surface area contributed by atoms with Gasteiger partial charge in [0, 0.05) is 37.7 Å². The van der Waals surface area contributed by atoms with Crippen LogP contribution in [0.25, 0.3) is 11.3 Å². The molecule has 1 fully saturated rings. The standard InChI is InChI=1S/C19H20N6O2/c1-24-12-17(21-23-24)19(26)25-10-9-14(11-25)13-27-18-8-7-16(20-22-18)15-5-3-2-4-6-15/h2-8,12,14H,9-11,13H2,1H3. The van der Waals surface area contributed by atoms with Crippen molar-refractivity contribution < 1.29 is 9.53 Å². The van der Waals surface area contributed by atoms with Gasteiger partial charge in [0.25, 0.3) is 5.91 Å². The summed E-state index contributed by atoms with van der Waals surface area (Å²) < 4.78 is 7.30. The maximum Gasteiger partial charge on any atom is 0.276 e. The number of amides is 1. The lowest BCUT2D eigenvalue weighted by molar-refractivity contribution is 0.0777. The van der Waals surface area contributed by atoms with Gasteiger partial charge in [0.1, 0.15) is 0 Å². The van der Waals surface area contributed by atoms with Crippen LogP contribution in [0.15, 0.2) is 48.7 Å². The first-order valence-electron chi connectivity index (χ1n) is 8.86. The van der Waals surface area contributed by atoms with Crippen LogP contribution in [-0.2, 0) is 7.05 Å². The maximum absolute atomic E-state index is 12.4. The summed E-state index contributed by atoms with van der Waals surface area (Å²) in [6.07, 6.45) is 2.53. The Morgan fingerprint density at radius 1 is 1.15 bits per heavy atom. The van der Waals surface area contributed by atoms with Crippen molar-refractivity contribution in [2.75, 3.05) is 19.7 Å². The SMILES string of the molecule is Cn1cc(C(=O)N2CCC(COc3ccc(-c4ccccc4)nn3)C2)nn1. The monoisotopic (exact) mass is 364 g/mol. The maximum atomic E-state index is 12.4. The van der Waals surface area contributed by atoms with Crippen molar-refractivity contribution in [2.24, 2.45) is 13.0 Å². The second kappa shape index (κ2) is 7.53. The van der Waals surface area contributed by atoms with Crippen molar-refractivity contribution in [2.45, 2.75) is 6.42 Å². The molecule has 3 heterocycles. The molecule has 2 aromatic heterocycles. The number of likely N-dealkylation sites (tertiary alicyclic amines) is 1. The van der Waals surface area contributed by atoms with E-state index in [1.807, 2.05) is 42.5 Å². The Morgan fingerprint density at radius 3 is 2.70 bits per heavy atom. The highest BCUT2D eigenvalue weighted by atomic mass is 16.5. The van der Waals surface area contributed by atoms with Crippen LogP contribution in [0.2, 0.25) is 0 Å². The highest BCUT2D eigenvalue weighted by Gasteiger charge is 2.28. The van der Waals surface area contributed by atoms with E-state index in [9.17, 15) is 4.79 Å². The van der Waals surface area contributed by atoms with Gasteiger partial charge < -0.3 is 9.64 Å². The Hall–Kier alpha value is -3.29. The van der Waals surface area contributed by atoms with Gasteiger partial charge in [-0.3, -0.25) is 9.48 Å². The van der Waals surface area contributed by atoms with Crippen LogP contribution in [0.5, 0.6) is 5.88 Å². The van der Waals surface area contributed by atoms with Crippen LogP contribution in [0.3, 0.4) is 0 Å². The lowest BCUT2D eigenvalue weighted by atomic mass is 10.1. The fourth-order valence-electron chi connectivity index (χ4n) is 3.12. The number of rotatable bonds is 5. The number of benzene rings is 1. The Balaban J connectivity index is 1.30. The Labute approximate surface area is 156 Å². The first kappa shape index (κ1) is 17.1. The lowest BCUT2D eigenvalue weighted by Gasteiger charge is -2.15. The van der Waals surface area contributed by atoms with Crippen molar-refractivity contribution in [1.29, 1.82) is 0 Å². The highest BCUT2D eigenvalue weighted by molar-refractivity contribution is 5.92. The first-order chi connectivity index (χ1) is 13.2. The predicted octanol–water partition coefficient (Wildman–Crippen LogP) is 1.81. The quantitative estimate of drug-likeness (QED) is 0.686. The minimum atomic E-state index is -0.0856. The molecule has 1 atom stereocenters. The minimum Gasteiger partial charge on any atom is -0.476 e. The molecule has 0 aliphatic carbocycles. The molecule has 1 aliphatic rings. The summed E-state index contributed by atoms with van der Waals surface area (Å²) in [5, 5.41) is 16.1. The number of ether oxygens (including phenoxy) is 1. The van der Waals surface area contributed by atoms with Gasteiger partial charge in [-0.25, -0.2) is 0 Å². The first-order valence-corrected chi connectivity index (χ1v) is 8.86. The highest BCUT2D eigenvalue weighted by Crippen LogP contribution is 2.21. The number of aryl methyl sites for hydroxylation is 1. The van der Waals surface area contributed by atoms with Gasteiger partial charge in [0.15, 0.2) is 5.69 Å². The third-order valence-electron chi connectivity index (χ3n) is 4.57. The van der Waals surface area contributed by atoms with E-state index in [4.69, 9.17) is 4.74 Å². The van der Waals surface area contributed by atoms with Gasteiger partial charge >= 0.3 is 0 Å². The molecule has 3 aromatic rings. The molecule has 27 heavy (non-hydrogen) atoms. The van der Waals surface area contributed by atoms with E-state index in [2.05, 4.69) is 20.5 Å². The van der Waals surface area contributed by atoms with E-state index in [0.29, 0.717) is 31.3 Å². The van der Waals surface area contributed by atoms with Crippen LogP contribution >= 0.6 is 0 Å². The van der Waals surface area contributed by atoms with Gasteiger partial charge in [0.2, 0.25) is 5.88 Å². The molecule has 1 saturated heterocycles. The third kappa shape index (κ3) is 3.94. The summed E-state index contributed by atoms with van der Waals surface area (Å²) in [7, 11) is 1.74. The molecule has 138 valence electrons. The number of aromatic nitrogens is 5. The lowest BCUT2D eigenvalue weighted by Crippen LogP contribution is -2.29. The van der Waals surface area contributed by atoms with Gasteiger partial charge in [-0.2, -0.15) is 0 Å². The molecular weight excluding hydrogens is 344 g/mol. The molecule has 8 nitrogen and oxygen atoms in total. The topological polar surface area (TPSA) is 86.0 Å². The van der Waals surface area contributed by atoms with E-state index < -0.39 is 0 Å². The summed E-state index contributed by atoms with van der Waals surface area (Å²) in [6.45, 7) is 1.84. The van der Waals surface area contributed by atoms with Crippen LogP contribution in [0.4, 0.5) is 0 Å². The predicted molar refractivity (Wildman–Crippen MR) is 98.0 cm³/mol. The second-order valence-corrected chi connectivity index (χ2v) is 6.62. The van der Waals surface area contributed by atoms with Gasteiger partial charge in [0.05, 0.1) is 18.5 Å². The number of carbonyl (C=O) groups is 1. The Kier molecular flexibility index (Phi) is 4.78. The molecule has 0 spiro atoms. The Morgan fingerprint density at radius 2 is 2.00 bits per heavy atom. The third-order valence-corrected chi connectivity index (χ3v) is 4.57. The molecule has 1 amide bonds. The largest absolute Gasteiger partial charge is 0.476 e. The van der Waals surface area contributed by atoms with Crippen LogP contribution in [0.1, 0.15) is 16.9 Å². The molecule has 1 aliphatic heterocycles. The summed E-state index contributed by atoms with van der Waals surface area (Å²) in [4.78, 5) is 14.2. The van der Waals surface area contributed by atoms with Crippen LogP contribution in [0, 0.1) is 5.92 Å². The summed E-state index contributed by atoms with van der Waals surface area (Å²) in [5.74, 6) is 0.673. The van der Waals surface area contributed by atoms with Crippen molar-refractivity contribution in [3.63, 3.8) is 0 Å². The van der Waals surface area contributed by atoms with Crippen molar-refractivity contribution in [1.82, 2.24) is 30.1 Å². The molecule has 1 aromatic carbocycles. The fourth-order valence-corrected chi connectivity index (χ4v) is 3.12. The molecule has 1 unspecified atom stereocenters. The Bertz CT molecular complexity index is 909. The van der Waals surface area contributed by atoms with Crippen LogP contribution < -0.4 is 4.74 Å². The number of hydrogen-bond acceptors (Lipinski definition) is 6. The molecule has 4 rings (SSSR count). The van der Waals surface area contributed by atoms with E-state index in [0.717, 1.165) is 17.7 Å². The van der Waals surface area contributed by atoms with Gasteiger partial charge in [-0.05, 0) is 12.5 Å². The van der Waals surface area contributed by atoms with Crippen molar-refractivity contribution in [3.05, 3.63) is 54.4 Å². The zero-order valence-electron chi connectivity index (χ0n) is 15.0. The van der Waals surface area contributed by atoms with E-state index >= 15 is 0 Å². The molecule has 0 bridgehead atoms. The van der Waals surface area contributed by atoms with E-state index in [1.165, 1.54) is 4.68 Å².